The Morgan fingerprint density at radius 1 is 1.20 bits per heavy atom. The lowest BCUT2D eigenvalue weighted by atomic mass is 10.2. The molecule has 0 aliphatic carbocycles. The van der Waals surface area contributed by atoms with Crippen molar-refractivity contribution in [2.24, 2.45) is 5.73 Å². The van der Waals surface area contributed by atoms with Crippen molar-refractivity contribution in [2.75, 3.05) is 0 Å². The zero-order valence-electron chi connectivity index (χ0n) is 5.17. The summed E-state index contributed by atoms with van der Waals surface area (Å²) in [5.74, 6) is 0. The fourth-order valence-electron chi connectivity index (χ4n) is 0.654. The van der Waals surface area contributed by atoms with Crippen LogP contribution in [0.5, 0.6) is 0 Å². The van der Waals surface area contributed by atoms with Gasteiger partial charge in [0.05, 0.1) is 8.41 Å². The molecule has 0 radical (unpaired) electrons. The Balaban J connectivity index is 0.000000810. The molecular weight excluding hydrogens is 140 g/mol. The average molecular weight is 153 g/mol. The van der Waals surface area contributed by atoms with Gasteiger partial charge >= 0.3 is 0 Å². The Bertz CT molecular complexity index is 185. The molecule has 0 aliphatic heterocycles. The van der Waals surface area contributed by atoms with E-state index in [-0.39, 0.29) is 8.41 Å². The Hall–Kier alpha value is -0.325. The van der Waals surface area contributed by atoms with Crippen molar-refractivity contribution < 1.29 is 0 Å². The maximum absolute atomic E-state index is 5.39. The topological polar surface area (TPSA) is 26.0 Å². The molecule has 0 spiro atoms. The smallest absolute Gasteiger partial charge is 0.0814 e. The van der Waals surface area contributed by atoms with E-state index in [1.807, 2.05) is 24.3 Å². The van der Waals surface area contributed by atoms with Gasteiger partial charge in [0.25, 0.3) is 0 Å². The summed E-state index contributed by atoms with van der Waals surface area (Å²) in [6.07, 6.45) is 0. The Labute approximate surface area is 65.8 Å². The number of hydrogen-bond donors (Lipinski definition) is 1. The molecular formula is C7H13BNP. The standard InChI is InChI=1S/C7H10NP.BH3/c8-5-6-1-3-7(9)4-2-6;/h1-4H,5,8-9H2;1H3. The minimum absolute atomic E-state index is 0. The lowest BCUT2D eigenvalue weighted by Crippen LogP contribution is -1.97. The van der Waals surface area contributed by atoms with E-state index in [2.05, 4.69) is 9.24 Å². The van der Waals surface area contributed by atoms with Crippen molar-refractivity contribution in [3.63, 3.8) is 0 Å². The number of nitrogens with two attached hydrogens (primary N) is 1. The largest absolute Gasteiger partial charge is 0.326 e. The van der Waals surface area contributed by atoms with E-state index in [9.17, 15) is 0 Å². The first-order chi connectivity index (χ1) is 4.33. The highest BCUT2D eigenvalue weighted by Gasteiger charge is 1.85. The fourth-order valence-corrected chi connectivity index (χ4v) is 0.846. The molecule has 1 unspecified atom stereocenters. The van der Waals surface area contributed by atoms with E-state index in [4.69, 9.17) is 5.73 Å². The molecule has 3 heteroatoms. The Kier molecular flexibility index (Phi) is 4.34. The number of hydrogen-bond acceptors (Lipinski definition) is 1. The zero-order chi connectivity index (χ0) is 6.69. The third-order valence-electron chi connectivity index (χ3n) is 1.22. The van der Waals surface area contributed by atoms with Crippen LogP contribution in [-0.2, 0) is 6.54 Å². The summed E-state index contributed by atoms with van der Waals surface area (Å²) in [7, 11) is 2.63. The molecule has 0 saturated heterocycles. The summed E-state index contributed by atoms with van der Waals surface area (Å²) in [4.78, 5) is 0. The average Bonchev–Trinajstić information content (AvgIpc) is 1.90. The minimum Gasteiger partial charge on any atom is -0.326 e. The van der Waals surface area contributed by atoms with Crippen molar-refractivity contribution in [3.8, 4) is 0 Å². The molecule has 0 fully saturated rings. The van der Waals surface area contributed by atoms with E-state index in [0.29, 0.717) is 6.54 Å². The predicted octanol–water partition coefficient (Wildman–Crippen LogP) is -0.538. The van der Waals surface area contributed by atoms with Crippen molar-refractivity contribution >= 4 is 23.0 Å². The van der Waals surface area contributed by atoms with Crippen LogP contribution in [0.2, 0.25) is 0 Å². The van der Waals surface area contributed by atoms with Crippen molar-refractivity contribution in [2.45, 2.75) is 6.54 Å². The van der Waals surface area contributed by atoms with E-state index < -0.39 is 0 Å². The molecule has 54 valence electrons. The van der Waals surface area contributed by atoms with Gasteiger partial charge in [0.15, 0.2) is 0 Å². The quantitative estimate of drug-likeness (QED) is 0.425. The zero-order valence-corrected chi connectivity index (χ0v) is 6.33. The molecule has 0 aliphatic rings. The van der Waals surface area contributed by atoms with Gasteiger partial charge in [-0.25, -0.2) is 0 Å². The maximum Gasteiger partial charge on any atom is 0.0814 e. The lowest BCUT2D eigenvalue weighted by Gasteiger charge is -1.94. The van der Waals surface area contributed by atoms with Crippen LogP contribution in [0.3, 0.4) is 0 Å². The molecule has 1 nitrogen and oxygen atoms in total. The van der Waals surface area contributed by atoms with Crippen LogP contribution in [0, 0.1) is 0 Å². The van der Waals surface area contributed by atoms with Gasteiger partial charge in [-0.05, 0) is 10.9 Å². The molecule has 0 heterocycles. The van der Waals surface area contributed by atoms with E-state index in [0.717, 1.165) is 0 Å². The van der Waals surface area contributed by atoms with Crippen LogP contribution in [0.15, 0.2) is 24.3 Å². The highest BCUT2D eigenvalue weighted by atomic mass is 31.0. The predicted molar refractivity (Wildman–Crippen MR) is 53.6 cm³/mol. The second-order valence-electron chi connectivity index (χ2n) is 1.95. The molecule has 1 rings (SSSR count). The number of benzene rings is 1. The highest BCUT2D eigenvalue weighted by Crippen LogP contribution is 1.96. The summed E-state index contributed by atoms with van der Waals surface area (Å²) < 4.78 is 0. The maximum atomic E-state index is 5.39. The van der Waals surface area contributed by atoms with Gasteiger partial charge in [-0.3, -0.25) is 0 Å². The summed E-state index contributed by atoms with van der Waals surface area (Å²) in [5, 5.41) is 1.20. The first-order valence-electron chi connectivity index (χ1n) is 2.87. The van der Waals surface area contributed by atoms with Crippen LogP contribution < -0.4 is 11.0 Å². The minimum atomic E-state index is 0. The summed E-state index contributed by atoms with van der Waals surface area (Å²) in [6.45, 7) is 0.630. The van der Waals surface area contributed by atoms with Gasteiger partial charge in [-0.15, -0.1) is 9.24 Å². The molecule has 0 saturated carbocycles. The molecule has 0 bridgehead atoms. The third kappa shape index (κ3) is 2.51. The van der Waals surface area contributed by atoms with Gasteiger partial charge in [0.2, 0.25) is 0 Å². The summed E-state index contributed by atoms with van der Waals surface area (Å²) >= 11 is 0. The van der Waals surface area contributed by atoms with Crippen molar-refractivity contribution in [3.05, 3.63) is 29.8 Å². The molecule has 2 N–H and O–H groups in total. The molecule has 1 aromatic rings. The van der Waals surface area contributed by atoms with Gasteiger partial charge in [-0.2, -0.15) is 0 Å². The Morgan fingerprint density at radius 2 is 1.70 bits per heavy atom. The van der Waals surface area contributed by atoms with Crippen molar-refractivity contribution in [1.29, 1.82) is 0 Å². The highest BCUT2D eigenvalue weighted by molar-refractivity contribution is 7.27. The normalized spacial score (nSPS) is 8.60. The molecule has 0 amide bonds. The van der Waals surface area contributed by atoms with Gasteiger partial charge in [0, 0.05) is 6.54 Å². The first-order valence-corrected chi connectivity index (χ1v) is 3.45. The summed E-state index contributed by atoms with van der Waals surface area (Å²) in [6, 6.07) is 8.13. The van der Waals surface area contributed by atoms with Gasteiger partial charge < -0.3 is 5.73 Å². The van der Waals surface area contributed by atoms with Crippen LogP contribution in [0.4, 0.5) is 0 Å². The van der Waals surface area contributed by atoms with Gasteiger partial charge in [0.1, 0.15) is 0 Å². The van der Waals surface area contributed by atoms with Crippen molar-refractivity contribution in [1.82, 2.24) is 0 Å². The fraction of sp³-hybridized carbons (Fsp3) is 0.143. The third-order valence-corrected chi connectivity index (χ3v) is 1.60. The van der Waals surface area contributed by atoms with Crippen LogP contribution in [-0.4, -0.2) is 8.41 Å². The SMILES string of the molecule is B.NCc1ccc(P)cc1. The van der Waals surface area contributed by atoms with Crippen LogP contribution in [0.1, 0.15) is 5.56 Å². The van der Waals surface area contributed by atoms with Crippen LogP contribution in [0.25, 0.3) is 0 Å². The first kappa shape index (κ1) is 9.67. The molecule has 0 aromatic heterocycles. The van der Waals surface area contributed by atoms with E-state index >= 15 is 0 Å². The van der Waals surface area contributed by atoms with Gasteiger partial charge in [-0.1, -0.05) is 24.3 Å². The monoisotopic (exact) mass is 153 g/mol. The van der Waals surface area contributed by atoms with Crippen LogP contribution >= 0.6 is 9.24 Å². The Morgan fingerprint density at radius 3 is 2.10 bits per heavy atom. The number of rotatable bonds is 1. The second kappa shape index (κ2) is 4.48. The lowest BCUT2D eigenvalue weighted by molar-refractivity contribution is 1.07. The van der Waals surface area contributed by atoms with E-state index in [1.165, 1.54) is 10.9 Å². The molecule has 1 aromatic carbocycles. The summed E-state index contributed by atoms with van der Waals surface area (Å²) in [5.41, 5.74) is 6.57. The molecule has 10 heavy (non-hydrogen) atoms. The second-order valence-corrected chi connectivity index (χ2v) is 2.61. The van der Waals surface area contributed by atoms with E-state index in [1.54, 1.807) is 0 Å². The molecule has 1 atom stereocenters.